The van der Waals surface area contributed by atoms with Crippen LogP contribution in [0.5, 0.6) is 5.75 Å². The first kappa shape index (κ1) is 16.0. The Bertz CT molecular complexity index is 757. The molecule has 0 unspecified atom stereocenters. The average Bonchev–Trinajstić information content (AvgIpc) is 2.50. The molecule has 0 radical (unpaired) electrons. The highest BCUT2D eigenvalue weighted by Gasteiger charge is 2.14. The number of aromatic hydroxyl groups is 1. The van der Waals surface area contributed by atoms with Gasteiger partial charge in [-0.2, -0.15) is 0 Å². The number of rotatable bonds is 3. The summed E-state index contributed by atoms with van der Waals surface area (Å²) in [4.78, 5) is 22.3. The van der Waals surface area contributed by atoms with Crippen molar-refractivity contribution in [3.05, 3.63) is 61.6 Å². The average molecular weight is 365 g/mol. The second kappa shape index (κ2) is 6.15. The van der Waals surface area contributed by atoms with Gasteiger partial charge in [-0.15, -0.1) is 0 Å². The fraction of sp³-hybridized carbons (Fsp3) is 0.133. The Morgan fingerprint density at radius 2 is 1.86 bits per heavy atom. The first-order chi connectivity index (χ1) is 10.3. The molecule has 2 aromatic rings. The Morgan fingerprint density at radius 1 is 1.27 bits per heavy atom. The molecule has 0 heterocycles. The molecule has 0 bridgehead atoms. The molecule has 0 aliphatic heterocycles. The molecule has 2 rings (SSSR count). The Balaban J connectivity index is 2.27. The minimum absolute atomic E-state index is 0.0732. The molecule has 1 amide bonds. The number of nitro groups is 1. The highest BCUT2D eigenvalue weighted by Crippen LogP contribution is 2.35. The Kier molecular flexibility index (Phi) is 4.46. The first-order valence-electron chi connectivity index (χ1n) is 6.35. The molecule has 0 aromatic heterocycles. The number of anilines is 1. The van der Waals surface area contributed by atoms with E-state index in [4.69, 9.17) is 0 Å². The lowest BCUT2D eigenvalue weighted by Crippen LogP contribution is -2.13. The molecule has 0 aliphatic rings. The van der Waals surface area contributed by atoms with Gasteiger partial charge in [0.2, 0.25) is 0 Å². The quantitative estimate of drug-likeness (QED) is 0.490. The van der Waals surface area contributed by atoms with Crippen LogP contribution in [0.15, 0.2) is 34.8 Å². The normalized spacial score (nSPS) is 10.3. The van der Waals surface area contributed by atoms with Crippen LogP contribution >= 0.6 is 15.9 Å². The van der Waals surface area contributed by atoms with E-state index >= 15 is 0 Å². The molecule has 0 saturated carbocycles. The monoisotopic (exact) mass is 364 g/mol. The van der Waals surface area contributed by atoms with Gasteiger partial charge >= 0.3 is 0 Å². The van der Waals surface area contributed by atoms with Gasteiger partial charge in [0.05, 0.1) is 9.40 Å². The molecule has 2 N–H and O–H groups in total. The number of aryl methyl sites for hydroxylation is 1. The van der Waals surface area contributed by atoms with Gasteiger partial charge in [-0.3, -0.25) is 14.9 Å². The molecule has 7 heteroatoms. The van der Waals surface area contributed by atoms with Crippen LogP contribution in [-0.4, -0.2) is 15.9 Å². The summed E-state index contributed by atoms with van der Waals surface area (Å²) in [6, 6.07) is 7.01. The maximum absolute atomic E-state index is 12.2. The van der Waals surface area contributed by atoms with Crippen molar-refractivity contribution in [1.29, 1.82) is 0 Å². The number of non-ortho nitro benzene ring substituents is 1. The molecule has 0 aliphatic carbocycles. The van der Waals surface area contributed by atoms with Crippen LogP contribution in [0.2, 0.25) is 0 Å². The highest BCUT2D eigenvalue weighted by molar-refractivity contribution is 9.10. The number of benzene rings is 2. The third-order valence-electron chi connectivity index (χ3n) is 3.26. The predicted molar refractivity (Wildman–Crippen MR) is 86.3 cm³/mol. The maximum Gasteiger partial charge on any atom is 0.269 e. The van der Waals surface area contributed by atoms with E-state index in [-0.39, 0.29) is 17.3 Å². The first-order valence-corrected chi connectivity index (χ1v) is 7.15. The zero-order valence-electron chi connectivity index (χ0n) is 11.9. The second-order valence-corrected chi connectivity index (χ2v) is 5.58. The van der Waals surface area contributed by atoms with E-state index < -0.39 is 4.92 Å². The predicted octanol–water partition coefficient (Wildman–Crippen LogP) is 3.93. The number of phenolic OH excluding ortho intramolecular Hbond substituents is 1. The van der Waals surface area contributed by atoms with Crippen LogP contribution in [0, 0.1) is 24.0 Å². The number of carbonyl (C=O) groups excluding carboxylic acids is 1. The summed E-state index contributed by atoms with van der Waals surface area (Å²) in [7, 11) is 0. The number of nitrogens with zero attached hydrogens (tertiary/aromatic N) is 1. The van der Waals surface area contributed by atoms with E-state index in [1.807, 2.05) is 0 Å². The standard InChI is InChI=1S/C15H13BrN2O4/c1-8-7-12(9(2)13(16)14(8)19)17-15(20)10-3-5-11(6-4-10)18(21)22/h3-7,19H,1-2H3,(H,17,20). The van der Waals surface area contributed by atoms with Gasteiger partial charge in [0.1, 0.15) is 5.75 Å². The summed E-state index contributed by atoms with van der Waals surface area (Å²) in [5, 5.41) is 23.2. The minimum atomic E-state index is -0.522. The van der Waals surface area contributed by atoms with E-state index in [0.717, 1.165) is 0 Å². The number of carbonyl (C=O) groups is 1. The Hall–Kier alpha value is -2.41. The number of hydrogen-bond donors (Lipinski definition) is 2. The van der Waals surface area contributed by atoms with Gasteiger partial charge in [-0.25, -0.2) is 0 Å². The number of halogens is 1. The van der Waals surface area contributed by atoms with Crippen molar-refractivity contribution in [2.24, 2.45) is 0 Å². The summed E-state index contributed by atoms with van der Waals surface area (Å²) in [5.74, 6) is -0.249. The van der Waals surface area contributed by atoms with Crippen LogP contribution in [0.1, 0.15) is 21.5 Å². The van der Waals surface area contributed by atoms with Crippen LogP contribution in [-0.2, 0) is 0 Å². The van der Waals surface area contributed by atoms with E-state index in [1.54, 1.807) is 19.9 Å². The minimum Gasteiger partial charge on any atom is -0.506 e. The van der Waals surface area contributed by atoms with Gasteiger partial charge in [-0.05, 0) is 59.1 Å². The molecule has 114 valence electrons. The number of nitrogens with one attached hydrogen (secondary N) is 1. The molecule has 2 aromatic carbocycles. The van der Waals surface area contributed by atoms with Crippen LogP contribution in [0.25, 0.3) is 0 Å². The highest BCUT2D eigenvalue weighted by atomic mass is 79.9. The molecular formula is C15H13BrN2O4. The Morgan fingerprint density at radius 3 is 2.41 bits per heavy atom. The molecule has 0 fully saturated rings. The van der Waals surface area contributed by atoms with E-state index in [1.165, 1.54) is 24.3 Å². The molecule has 0 spiro atoms. The fourth-order valence-corrected chi connectivity index (χ4v) is 2.45. The SMILES string of the molecule is Cc1cc(NC(=O)c2ccc([N+](=O)[O-])cc2)c(C)c(Br)c1O. The van der Waals surface area contributed by atoms with Crippen LogP contribution < -0.4 is 5.32 Å². The zero-order chi connectivity index (χ0) is 16.4. The third-order valence-corrected chi connectivity index (χ3v) is 4.23. The summed E-state index contributed by atoms with van der Waals surface area (Å²) in [6.45, 7) is 3.48. The van der Waals surface area contributed by atoms with Gasteiger partial charge in [0.25, 0.3) is 11.6 Å². The van der Waals surface area contributed by atoms with Crippen molar-refractivity contribution in [2.75, 3.05) is 5.32 Å². The molecular weight excluding hydrogens is 352 g/mol. The number of amides is 1. The largest absolute Gasteiger partial charge is 0.506 e. The second-order valence-electron chi connectivity index (χ2n) is 4.79. The van der Waals surface area contributed by atoms with Crippen molar-refractivity contribution < 1.29 is 14.8 Å². The van der Waals surface area contributed by atoms with E-state index in [2.05, 4.69) is 21.2 Å². The molecule has 0 saturated heterocycles. The van der Waals surface area contributed by atoms with Crippen molar-refractivity contribution in [3.8, 4) is 5.75 Å². The smallest absolute Gasteiger partial charge is 0.269 e. The summed E-state index contributed by atoms with van der Waals surface area (Å²) < 4.78 is 0.520. The number of nitro benzene ring substituents is 1. The molecule has 22 heavy (non-hydrogen) atoms. The lowest BCUT2D eigenvalue weighted by atomic mass is 10.1. The lowest BCUT2D eigenvalue weighted by Gasteiger charge is -2.13. The number of phenols is 1. The lowest BCUT2D eigenvalue weighted by molar-refractivity contribution is -0.384. The summed E-state index contributed by atoms with van der Waals surface area (Å²) in [6.07, 6.45) is 0. The van der Waals surface area contributed by atoms with Crippen LogP contribution in [0.4, 0.5) is 11.4 Å². The Labute approximate surface area is 135 Å². The third kappa shape index (κ3) is 3.09. The van der Waals surface area contributed by atoms with Gasteiger partial charge in [0, 0.05) is 23.4 Å². The maximum atomic E-state index is 12.2. The topological polar surface area (TPSA) is 92.5 Å². The fourth-order valence-electron chi connectivity index (χ4n) is 1.92. The van der Waals surface area contributed by atoms with Gasteiger partial charge in [-0.1, -0.05) is 0 Å². The van der Waals surface area contributed by atoms with E-state index in [0.29, 0.717) is 26.9 Å². The summed E-state index contributed by atoms with van der Waals surface area (Å²) >= 11 is 3.28. The molecule has 0 atom stereocenters. The van der Waals surface area contributed by atoms with Gasteiger partial charge < -0.3 is 10.4 Å². The van der Waals surface area contributed by atoms with Crippen molar-refractivity contribution in [1.82, 2.24) is 0 Å². The van der Waals surface area contributed by atoms with Crippen molar-refractivity contribution >= 4 is 33.2 Å². The molecule has 6 nitrogen and oxygen atoms in total. The zero-order valence-corrected chi connectivity index (χ0v) is 13.5. The van der Waals surface area contributed by atoms with Crippen LogP contribution in [0.3, 0.4) is 0 Å². The van der Waals surface area contributed by atoms with Crippen molar-refractivity contribution in [2.45, 2.75) is 13.8 Å². The number of hydrogen-bond acceptors (Lipinski definition) is 4. The van der Waals surface area contributed by atoms with Gasteiger partial charge in [0.15, 0.2) is 0 Å². The van der Waals surface area contributed by atoms with E-state index in [9.17, 15) is 20.0 Å². The summed E-state index contributed by atoms with van der Waals surface area (Å²) in [5.41, 5.74) is 2.11. The van der Waals surface area contributed by atoms with Crippen molar-refractivity contribution in [3.63, 3.8) is 0 Å².